The van der Waals surface area contributed by atoms with Crippen LogP contribution in [0, 0.1) is 5.82 Å². The Labute approximate surface area is 105 Å². The summed E-state index contributed by atoms with van der Waals surface area (Å²) in [6.45, 7) is 0.241. The molecule has 1 aliphatic carbocycles. The van der Waals surface area contributed by atoms with E-state index in [1.165, 1.54) is 17.0 Å². The first-order valence-electron chi connectivity index (χ1n) is 6.02. The third kappa shape index (κ3) is 2.61. The van der Waals surface area contributed by atoms with E-state index < -0.39 is 0 Å². The van der Waals surface area contributed by atoms with Gasteiger partial charge in [-0.05, 0) is 36.1 Å². The highest BCUT2D eigenvalue weighted by Gasteiger charge is 2.25. The summed E-state index contributed by atoms with van der Waals surface area (Å²) in [5.41, 5.74) is 1.95. The van der Waals surface area contributed by atoms with Crippen molar-refractivity contribution >= 4 is 6.03 Å². The topological polar surface area (TPSA) is 52.6 Å². The van der Waals surface area contributed by atoms with E-state index in [2.05, 4.69) is 5.32 Å². The van der Waals surface area contributed by atoms with E-state index in [0.29, 0.717) is 6.54 Å². The molecule has 0 aliphatic heterocycles. The first kappa shape index (κ1) is 12.8. The van der Waals surface area contributed by atoms with Gasteiger partial charge in [0.25, 0.3) is 0 Å². The Balaban J connectivity index is 2.03. The number of amides is 2. The van der Waals surface area contributed by atoms with E-state index in [4.69, 9.17) is 5.11 Å². The van der Waals surface area contributed by atoms with E-state index in [0.717, 1.165) is 24.0 Å². The number of urea groups is 1. The summed E-state index contributed by atoms with van der Waals surface area (Å²) in [4.78, 5) is 13.2. The van der Waals surface area contributed by atoms with Crippen LogP contribution in [0.3, 0.4) is 0 Å². The zero-order valence-electron chi connectivity index (χ0n) is 10.3. The molecule has 2 rings (SSSR count). The SMILES string of the molecule is CN(CCO)C(=O)NC1CCc2cc(F)ccc21. The maximum Gasteiger partial charge on any atom is 0.317 e. The normalized spacial score (nSPS) is 17.4. The number of hydrogen-bond acceptors (Lipinski definition) is 2. The van der Waals surface area contributed by atoms with Crippen LogP contribution < -0.4 is 5.32 Å². The molecule has 0 saturated carbocycles. The molecule has 4 nitrogen and oxygen atoms in total. The second-order valence-electron chi connectivity index (χ2n) is 4.53. The van der Waals surface area contributed by atoms with Gasteiger partial charge in [0.05, 0.1) is 12.6 Å². The van der Waals surface area contributed by atoms with Crippen molar-refractivity contribution in [3.63, 3.8) is 0 Å². The highest BCUT2D eigenvalue weighted by molar-refractivity contribution is 5.74. The third-order valence-electron chi connectivity index (χ3n) is 3.26. The molecule has 1 atom stereocenters. The van der Waals surface area contributed by atoms with Gasteiger partial charge in [0.15, 0.2) is 0 Å². The van der Waals surface area contributed by atoms with Crippen molar-refractivity contribution in [3.05, 3.63) is 35.1 Å². The molecule has 0 heterocycles. The number of rotatable bonds is 3. The third-order valence-corrected chi connectivity index (χ3v) is 3.26. The Morgan fingerprint density at radius 3 is 3.11 bits per heavy atom. The second-order valence-corrected chi connectivity index (χ2v) is 4.53. The number of nitrogens with zero attached hydrogens (tertiary/aromatic N) is 1. The molecule has 5 heteroatoms. The Kier molecular flexibility index (Phi) is 3.81. The highest BCUT2D eigenvalue weighted by atomic mass is 19.1. The fraction of sp³-hybridized carbons (Fsp3) is 0.462. The van der Waals surface area contributed by atoms with Gasteiger partial charge < -0.3 is 15.3 Å². The molecule has 2 N–H and O–H groups in total. The van der Waals surface area contributed by atoms with Gasteiger partial charge in [-0.1, -0.05) is 6.07 Å². The lowest BCUT2D eigenvalue weighted by Crippen LogP contribution is -2.40. The number of aryl methyl sites for hydroxylation is 1. The largest absolute Gasteiger partial charge is 0.395 e. The minimum atomic E-state index is -0.238. The van der Waals surface area contributed by atoms with Gasteiger partial charge in [-0.2, -0.15) is 0 Å². The van der Waals surface area contributed by atoms with E-state index in [1.54, 1.807) is 13.1 Å². The molecule has 1 aromatic rings. The number of hydrogen-bond donors (Lipinski definition) is 2. The summed E-state index contributed by atoms with van der Waals surface area (Å²) in [6, 6.07) is 4.40. The molecule has 18 heavy (non-hydrogen) atoms. The van der Waals surface area contributed by atoms with E-state index >= 15 is 0 Å². The fourth-order valence-electron chi connectivity index (χ4n) is 2.25. The van der Waals surface area contributed by atoms with Crippen molar-refractivity contribution in [1.29, 1.82) is 0 Å². The van der Waals surface area contributed by atoms with E-state index in [-0.39, 0.29) is 24.5 Å². The van der Waals surface area contributed by atoms with Crippen molar-refractivity contribution in [1.82, 2.24) is 10.2 Å². The lowest BCUT2D eigenvalue weighted by Gasteiger charge is -2.20. The predicted molar refractivity (Wildman–Crippen MR) is 65.7 cm³/mol. The zero-order valence-corrected chi connectivity index (χ0v) is 10.3. The molecule has 0 spiro atoms. The van der Waals surface area contributed by atoms with Gasteiger partial charge >= 0.3 is 6.03 Å². The number of halogens is 1. The summed E-state index contributed by atoms with van der Waals surface area (Å²) >= 11 is 0. The number of carbonyl (C=O) groups excluding carboxylic acids is 1. The fourth-order valence-corrected chi connectivity index (χ4v) is 2.25. The lowest BCUT2D eigenvalue weighted by atomic mass is 10.1. The lowest BCUT2D eigenvalue weighted by molar-refractivity contribution is 0.187. The molecule has 0 saturated heterocycles. The molecular formula is C13H17FN2O2. The van der Waals surface area contributed by atoms with Gasteiger partial charge in [0.2, 0.25) is 0 Å². The number of fused-ring (bicyclic) bond motifs is 1. The van der Waals surface area contributed by atoms with Crippen LogP contribution in [0.5, 0.6) is 0 Å². The van der Waals surface area contributed by atoms with Crippen molar-refractivity contribution < 1.29 is 14.3 Å². The first-order chi connectivity index (χ1) is 8.61. The predicted octanol–water partition coefficient (Wildman–Crippen LogP) is 1.45. The molecule has 0 bridgehead atoms. The summed E-state index contributed by atoms with van der Waals surface area (Å²) < 4.78 is 13.1. The number of nitrogens with one attached hydrogen (secondary N) is 1. The van der Waals surface area contributed by atoms with Crippen LogP contribution in [-0.2, 0) is 6.42 Å². The van der Waals surface area contributed by atoms with Crippen molar-refractivity contribution in [2.45, 2.75) is 18.9 Å². The van der Waals surface area contributed by atoms with Gasteiger partial charge in [0.1, 0.15) is 5.82 Å². The Morgan fingerprint density at radius 1 is 1.61 bits per heavy atom. The van der Waals surface area contributed by atoms with E-state index in [1.807, 2.05) is 0 Å². The highest BCUT2D eigenvalue weighted by Crippen LogP contribution is 2.31. The molecule has 1 unspecified atom stereocenters. The first-order valence-corrected chi connectivity index (χ1v) is 6.02. The molecule has 0 fully saturated rings. The van der Waals surface area contributed by atoms with Gasteiger partial charge in [0, 0.05) is 13.6 Å². The minimum Gasteiger partial charge on any atom is -0.395 e. The summed E-state index contributed by atoms with van der Waals surface area (Å²) in [5, 5.41) is 11.7. The van der Waals surface area contributed by atoms with Gasteiger partial charge in [-0.15, -0.1) is 0 Å². The van der Waals surface area contributed by atoms with Crippen molar-refractivity contribution in [2.75, 3.05) is 20.2 Å². The molecule has 1 aliphatic rings. The molecule has 98 valence electrons. The summed E-state index contributed by atoms with van der Waals surface area (Å²) in [5.74, 6) is -0.238. The quantitative estimate of drug-likeness (QED) is 0.855. The number of likely N-dealkylation sites (N-methyl/N-ethyl adjacent to an activating group) is 1. The molecular weight excluding hydrogens is 235 g/mol. The van der Waals surface area contributed by atoms with Crippen LogP contribution >= 0.6 is 0 Å². The average molecular weight is 252 g/mol. The van der Waals surface area contributed by atoms with Crippen LogP contribution in [-0.4, -0.2) is 36.2 Å². The minimum absolute atomic E-state index is 0.0591. The zero-order chi connectivity index (χ0) is 13.1. The standard InChI is InChI=1S/C13H17FN2O2/c1-16(6-7-17)13(18)15-12-5-2-9-8-10(14)3-4-11(9)12/h3-4,8,12,17H,2,5-7H2,1H3,(H,15,18). The van der Waals surface area contributed by atoms with Crippen LogP contribution in [0.15, 0.2) is 18.2 Å². The van der Waals surface area contributed by atoms with Crippen LogP contribution in [0.1, 0.15) is 23.6 Å². The number of aliphatic hydroxyl groups is 1. The Bertz CT molecular complexity index is 451. The van der Waals surface area contributed by atoms with Crippen LogP contribution in [0.4, 0.5) is 9.18 Å². The molecule has 0 radical (unpaired) electrons. The maximum atomic E-state index is 13.1. The molecule has 1 aromatic carbocycles. The smallest absolute Gasteiger partial charge is 0.317 e. The van der Waals surface area contributed by atoms with Crippen LogP contribution in [0.25, 0.3) is 0 Å². The Morgan fingerprint density at radius 2 is 2.39 bits per heavy atom. The summed E-state index contributed by atoms with van der Waals surface area (Å²) in [6.07, 6.45) is 1.57. The Hall–Kier alpha value is -1.62. The second kappa shape index (κ2) is 5.35. The summed E-state index contributed by atoms with van der Waals surface area (Å²) in [7, 11) is 1.63. The average Bonchev–Trinajstić information content (AvgIpc) is 2.72. The monoisotopic (exact) mass is 252 g/mol. The number of aliphatic hydroxyl groups excluding tert-OH is 1. The number of carbonyl (C=O) groups is 1. The van der Waals surface area contributed by atoms with Crippen molar-refractivity contribution in [3.8, 4) is 0 Å². The van der Waals surface area contributed by atoms with E-state index in [9.17, 15) is 9.18 Å². The number of benzene rings is 1. The van der Waals surface area contributed by atoms with Crippen LogP contribution in [0.2, 0.25) is 0 Å². The van der Waals surface area contributed by atoms with Gasteiger partial charge in [-0.25, -0.2) is 9.18 Å². The molecule has 0 aromatic heterocycles. The maximum absolute atomic E-state index is 13.1. The van der Waals surface area contributed by atoms with Crippen molar-refractivity contribution in [2.24, 2.45) is 0 Å². The molecule has 2 amide bonds. The van der Waals surface area contributed by atoms with Gasteiger partial charge in [-0.3, -0.25) is 0 Å².